The van der Waals surface area contributed by atoms with Gasteiger partial charge in [-0.15, -0.1) is 0 Å². The minimum Gasteiger partial charge on any atom is -0.497 e. The van der Waals surface area contributed by atoms with Crippen LogP contribution in [0.2, 0.25) is 0 Å². The lowest BCUT2D eigenvalue weighted by atomic mass is 10.2. The van der Waals surface area contributed by atoms with E-state index in [1.54, 1.807) is 30.9 Å². The summed E-state index contributed by atoms with van der Waals surface area (Å²) < 4.78 is 17.7. The Bertz CT molecular complexity index is 1260. The predicted molar refractivity (Wildman–Crippen MR) is 119 cm³/mol. The van der Waals surface area contributed by atoms with E-state index in [1.807, 2.05) is 44.2 Å². The minimum atomic E-state index is -0.0576. The molecule has 4 aromatic rings. The van der Waals surface area contributed by atoms with E-state index in [0.717, 1.165) is 5.56 Å². The molecule has 0 aliphatic carbocycles. The largest absolute Gasteiger partial charge is 0.497 e. The highest BCUT2D eigenvalue weighted by Gasteiger charge is 2.16. The number of ether oxygens (including phenoxy) is 2. The molecule has 0 N–H and O–H groups in total. The van der Waals surface area contributed by atoms with Gasteiger partial charge < -0.3 is 14.0 Å². The van der Waals surface area contributed by atoms with Crippen LogP contribution >= 0.6 is 11.8 Å². The summed E-state index contributed by atoms with van der Waals surface area (Å²) in [6.07, 6.45) is 0. The van der Waals surface area contributed by atoms with Gasteiger partial charge in [0.15, 0.2) is 5.16 Å². The first-order valence-corrected chi connectivity index (χ1v) is 10.7. The number of nitrogens with zero attached hydrogens (tertiary/aromatic N) is 4. The number of benzene rings is 2. The van der Waals surface area contributed by atoms with Gasteiger partial charge in [-0.2, -0.15) is 4.98 Å². The Morgan fingerprint density at radius 2 is 1.77 bits per heavy atom. The third-order valence-corrected chi connectivity index (χ3v) is 5.63. The minimum absolute atomic E-state index is 0.0328. The molecule has 0 atom stereocenters. The van der Waals surface area contributed by atoms with Gasteiger partial charge in [0.05, 0.1) is 30.9 Å². The van der Waals surface area contributed by atoms with Crippen LogP contribution in [0.5, 0.6) is 11.5 Å². The maximum atomic E-state index is 12.9. The molecule has 4 rings (SSSR count). The third kappa shape index (κ3) is 4.27. The highest BCUT2D eigenvalue weighted by atomic mass is 32.2. The third-order valence-electron chi connectivity index (χ3n) is 4.69. The van der Waals surface area contributed by atoms with Gasteiger partial charge in [0.2, 0.25) is 11.7 Å². The van der Waals surface area contributed by atoms with E-state index in [-0.39, 0.29) is 11.6 Å². The average molecular weight is 439 g/mol. The van der Waals surface area contributed by atoms with Gasteiger partial charge in [-0.25, -0.2) is 4.98 Å². The van der Waals surface area contributed by atoms with Gasteiger partial charge in [0.25, 0.3) is 5.56 Å². The van der Waals surface area contributed by atoms with Crippen LogP contribution in [-0.4, -0.2) is 33.9 Å². The smallest absolute Gasteiger partial charge is 0.262 e. The molecule has 0 radical (unpaired) electrons. The molecule has 0 bridgehead atoms. The van der Waals surface area contributed by atoms with Crippen LogP contribution in [0.3, 0.4) is 0 Å². The Kier molecular flexibility index (Phi) is 5.94. The summed E-state index contributed by atoms with van der Waals surface area (Å²) in [5.74, 6) is 2.51. The maximum Gasteiger partial charge on any atom is 0.262 e. The maximum absolute atomic E-state index is 12.9. The quantitative estimate of drug-likeness (QED) is 0.311. The zero-order chi connectivity index (χ0) is 22.0. The molecule has 0 unspecified atom stereocenters. The lowest BCUT2D eigenvalue weighted by Gasteiger charge is -2.15. The molecule has 0 aliphatic heterocycles. The van der Waals surface area contributed by atoms with Crippen molar-refractivity contribution in [3.8, 4) is 22.9 Å². The Hall–Kier alpha value is -3.33. The van der Waals surface area contributed by atoms with Crippen molar-refractivity contribution in [3.63, 3.8) is 0 Å². The molecule has 0 saturated heterocycles. The van der Waals surface area contributed by atoms with E-state index in [0.29, 0.717) is 45.0 Å². The van der Waals surface area contributed by atoms with Crippen molar-refractivity contribution < 1.29 is 14.0 Å². The summed E-state index contributed by atoms with van der Waals surface area (Å²) in [4.78, 5) is 22.1. The lowest BCUT2D eigenvalue weighted by molar-refractivity contribution is 0.390. The molecule has 0 spiro atoms. The Labute approximate surface area is 183 Å². The lowest BCUT2D eigenvalue weighted by Crippen LogP contribution is -2.25. The molecule has 160 valence electrons. The number of methoxy groups -OCH3 is 2. The van der Waals surface area contributed by atoms with Gasteiger partial charge in [-0.05, 0) is 38.1 Å². The molecular formula is C22H22N4O4S. The van der Waals surface area contributed by atoms with E-state index in [4.69, 9.17) is 14.0 Å². The van der Waals surface area contributed by atoms with Crippen molar-refractivity contribution in [1.82, 2.24) is 19.7 Å². The van der Waals surface area contributed by atoms with Crippen molar-refractivity contribution >= 4 is 22.7 Å². The molecule has 0 aliphatic rings. The van der Waals surface area contributed by atoms with Crippen LogP contribution < -0.4 is 15.0 Å². The molecular weight excluding hydrogens is 416 g/mol. The monoisotopic (exact) mass is 438 g/mol. The molecule has 31 heavy (non-hydrogen) atoms. The second-order valence-electron chi connectivity index (χ2n) is 7.08. The zero-order valence-electron chi connectivity index (χ0n) is 17.7. The average Bonchev–Trinajstić information content (AvgIpc) is 3.26. The van der Waals surface area contributed by atoms with Gasteiger partial charge in [-0.1, -0.05) is 29.1 Å². The second kappa shape index (κ2) is 8.81. The van der Waals surface area contributed by atoms with Gasteiger partial charge in [0, 0.05) is 17.7 Å². The number of hydrogen-bond donors (Lipinski definition) is 0. The van der Waals surface area contributed by atoms with Gasteiger partial charge >= 0.3 is 0 Å². The number of para-hydroxylation sites is 1. The summed E-state index contributed by atoms with van der Waals surface area (Å²) >= 11 is 1.39. The highest BCUT2D eigenvalue weighted by Crippen LogP contribution is 2.29. The predicted octanol–water partition coefficient (Wildman–Crippen LogP) is 4.34. The fourth-order valence-corrected chi connectivity index (χ4v) is 4.14. The van der Waals surface area contributed by atoms with Gasteiger partial charge in [-0.3, -0.25) is 9.36 Å². The normalized spacial score (nSPS) is 11.3. The molecule has 2 heterocycles. The number of fused-ring (bicyclic) bond motifs is 1. The molecule has 2 aromatic carbocycles. The Morgan fingerprint density at radius 1 is 1.06 bits per heavy atom. The molecule has 8 nitrogen and oxygen atoms in total. The molecule has 2 aromatic heterocycles. The Morgan fingerprint density at radius 3 is 2.45 bits per heavy atom. The standard InChI is InChI=1S/C22H22N4O4S/c1-13(2)26-21(27)17-7-5-6-8-18(17)23-22(26)31-12-19-24-20(25-30-19)14-9-15(28-3)11-16(10-14)29-4/h5-11,13H,12H2,1-4H3. The van der Waals surface area contributed by atoms with Crippen molar-refractivity contribution in [2.75, 3.05) is 14.2 Å². The summed E-state index contributed by atoms with van der Waals surface area (Å²) in [5, 5.41) is 5.29. The fourth-order valence-electron chi connectivity index (χ4n) is 3.18. The van der Waals surface area contributed by atoms with Crippen LogP contribution in [0.1, 0.15) is 25.8 Å². The van der Waals surface area contributed by atoms with E-state index in [1.165, 1.54) is 11.8 Å². The molecule has 0 fully saturated rings. The van der Waals surface area contributed by atoms with Gasteiger partial charge in [0.1, 0.15) is 11.5 Å². The van der Waals surface area contributed by atoms with E-state index in [9.17, 15) is 4.79 Å². The first-order chi connectivity index (χ1) is 15.0. The number of thioether (sulfide) groups is 1. The summed E-state index contributed by atoms with van der Waals surface area (Å²) in [5.41, 5.74) is 1.33. The number of hydrogen-bond acceptors (Lipinski definition) is 8. The molecule has 0 amide bonds. The van der Waals surface area contributed by atoms with E-state index in [2.05, 4.69) is 15.1 Å². The SMILES string of the molecule is COc1cc(OC)cc(-c2noc(CSc3nc4ccccc4c(=O)n3C(C)C)n2)c1. The van der Waals surface area contributed by atoms with E-state index < -0.39 is 0 Å². The van der Waals surface area contributed by atoms with E-state index >= 15 is 0 Å². The van der Waals surface area contributed by atoms with Crippen molar-refractivity contribution in [2.45, 2.75) is 30.8 Å². The molecule has 9 heteroatoms. The number of aromatic nitrogens is 4. The van der Waals surface area contributed by atoms with Crippen LogP contribution in [0.25, 0.3) is 22.3 Å². The topological polar surface area (TPSA) is 92.3 Å². The molecule has 0 saturated carbocycles. The van der Waals surface area contributed by atoms with Crippen LogP contribution in [0, 0.1) is 0 Å². The van der Waals surface area contributed by atoms with Crippen molar-refractivity contribution in [3.05, 3.63) is 58.7 Å². The summed E-state index contributed by atoms with van der Waals surface area (Å²) in [6, 6.07) is 12.7. The summed E-state index contributed by atoms with van der Waals surface area (Å²) in [6.45, 7) is 3.92. The highest BCUT2D eigenvalue weighted by molar-refractivity contribution is 7.98. The zero-order valence-corrected chi connectivity index (χ0v) is 18.5. The van der Waals surface area contributed by atoms with Crippen molar-refractivity contribution in [1.29, 1.82) is 0 Å². The first kappa shape index (κ1) is 20.9. The summed E-state index contributed by atoms with van der Waals surface area (Å²) in [7, 11) is 3.17. The van der Waals surface area contributed by atoms with Crippen LogP contribution in [-0.2, 0) is 5.75 Å². The first-order valence-electron chi connectivity index (χ1n) is 9.70. The van der Waals surface area contributed by atoms with Crippen LogP contribution in [0.4, 0.5) is 0 Å². The fraction of sp³-hybridized carbons (Fsp3) is 0.273. The second-order valence-corrected chi connectivity index (χ2v) is 8.02. The van der Waals surface area contributed by atoms with Crippen LogP contribution in [0.15, 0.2) is 56.9 Å². The number of rotatable bonds is 7. The van der Waals surface area contributed by atoms with Crippen molar-refractivity contribution in [2.24, 2.45) is 0 Å². The Balaban J connectivity index is 1.62.